The molecule has 1 aromatic carbocycles. The van der Waals surface area contributed by atoms with Crippen molar-refractivity contribution in [2.75, 3.05) is 18.0 Å². The number of allylic oxidation sites excluding steroid dienone is 7. The molecule has 4 N–H and O–H groups in total. The summed E-state index contributed by atoms with van der Waals surface area (Å²) >= 11 is 0. The molecule has 0 aliphatic carbocycles. The molecule has 1 aromatic rings. The van der Waals surface area contributed by atoms with Crippen molar-refractivity contribution in [3.05, 3.63) is 89.8 Å². The number of hydrogen-bond acceptors (Lipinski definition) is 5. The lowest BCUT2D eigenvalue weighted by Crippen LogP contribution is -2.51. The molecule has 0 aromatic heterocycles. The van der Waals surface area contributed by atoms with E-state index in [4.69, 9.17) is 11.6 Å². The molecule has 2 rings (SSSR count). The molecule has 0 spiro atoms. The van der Waals surface area contributed by atoms with E-state index < -0.39 is 24.7 Å². The van der Waals surface area contributed by atoms with Crippen molar-refractivity contribution < 1.29 is 18.0 Å². The summed E-state index contributed by atoms with van der Waals surface area (Å²) in [5.74, 6) is 5.44. The smallest absolute Gasteiger partial charge is 0.398 e. The van der Waals surface area contributed by atoms with Crippen LogP contribution in [-0.4, -0.2) is 42.4 Å². The predicted octanol–water partition coefficient (Wildman–Crippen LogP) is 6.38. The van der Waals surface area contributed by atoms with E-state index in [1.54, 1.807) is 24.3 Å². The van der Waals surface area contributed by atoms with Gasteiger partial charge in [0.25, 0.3) is 5.91 Å². The first kappa shape index (κ1) is 33.4. The van der Waals surface area contributed by atoms with E-state index >= 15 is 0 Å². The molecule has 0 fully saturated rings. The summed E-state index contributed by atoms with van der Waals surface area (Å²) in [5.41, 5.74) is 8.32. The molecular weight excluding hydrogens is 503 g/mol. The summed E-state index contributed by atoms with van der Waals surface area (Å²) in [6.07, 6.45) is 14.1. The number of aliphatic imine (C=N–C) groups is 1. The molecule has 0 bridgehead atoms. The molecule has 1 atom stereocenters. The van der Waals surface area contributed by atoms with E-state index in [0.717, 1.165) is 21.9 Å². The predicted molar refractivity (Wildman–Crippen MR) is 156 cm³/mol. The zero-order valence-electron chi connectivity index (χ0n) is 23.4. The number of carbonyl (C=O) groups is 1. The second kappa shape index (κ2) is 17.8. The summed E-state index contributed by atoms with van der Waals surface area (Å²) in [6.45, 7) is 7.10. The van der Waals surface area contributed by atoms with E-state index in [0.29, 0.717) is 24.9 Å². The minimum Gasteiger partial charge on any atom is -0.398 e. The summed E-state index contributed by atoms with van der Waals surface area (Å²) in [4.78, 5) is 18.3. The maximum Gasteiger partial charge on any atom is 0.406 e. The van der Waals surface area contributed by atoms with E-state index in [1.807, 2.05) is 70.4 Å². The Kier molecular flexibility index (Phi) is 15.3. The third kappa shape index (κ3) is 12.2. The van der Waals surface area contributed by atoms with Crippen LogP contribution in [0.5, 0.6) is 0 Å². The zero-order valence-corrected chi connectivity index (χ0v) is 23.4. The first-order valence-electron chi connectivity index (χ1n) is 13.2. The van der Waals surface area contributed by atoms with E-state index in [9.17, 15) is 18.0 Å². The van der Waals surface area contributed by atoms with Gasteiger partial charge in [0.1, 0.15) is 12.6 Å². The number of benzene rings is 1. The van der Waals surface area contributed by atoms with Gasteiger partial charge in [-0.25, -0.2) is 5.84 Å². The van der Waals surface area contributed by atoms with Crippen molar-refractivity contribution in [3.63, 3.8) is 0 Å². The average molecular weight is 546 g/mol. The SMILES string of the molecule is C/C=C\CC=C(/C=C/C(N)=C/N(N)C1CCc2ccccc2N(CC(F)(F)F)C1=O)CC=NC/C=C\C.CC. The van der Waals surface area contributed by atoms with Gasteiger partial charge >= 0.3 is 6.18 Å². The lowest BCUT2D eigenvalue weighted by molar-refractivity contribution is -0.135. The second-order valence-corrected chi connectivity index (χ2v) is 8.54. The normalized spacial score (nSPS) is 17.2. The lowest BCUT2D eigenvalue weighted by atomic mass is 10.1. The Morgan fingerprint density at radius 1 is 1.15 bits per heavy atom. The van der Waals surface area contributed by atoms with Crippen LogP contribution in [0.25, 0.3) is 0 Å². The largest absolute Gasteiger partial charge is 0.406 e. The highest BCUT2D eigenvalue weighted by molar-refractivity contribution is 5.98. The zero-order chi connectivity index (χ0) is 29.3. The van der Waals surface area contributed by atoms with Crippen LogP contribution in [0.15, 0.2) is 89.3 Å². The molecular formula is C30H42F3N5O. The van der Waals surface area contributed by atoms with Crippen molar-refractivity contribution >= 4 is 17.8 Å². The number of nitrogens with zero attached hydrogens (tertiary/aromatic N) is 3. The number of alkyl halides is 3. The molecule has 0 saturated carbocycles. The molecule has 0 saturated heterocycles. The van der Waals surface area contributed by atoms with Gasteiger partial charge in [-0.1, -0.05) is 68.5 Å². The Labute approximate surface area is 230 Å². The number of amides is 1. The number of carbonyl (C=O) groups excluding carboxylic acids is 1. The van der Waals surface area contributed by atoms with E-state index in [2.05, 4.69) is 4.99 Å². The number of fused-ring (bicyclic) bond motifs is 1. The number of nitrogens with two attached hydrogens (primary N) is 2. The minimum atomic E-state index is -4.56. The monoisotopic (exact) mass is 545 g/mol. The van der Waals surface area contributed by atoms with Crippen LogP contribution in [0.4, 0.5) is 18.9 Å². The Morgan fingerprint density at radius 2 is 1.85 bits per heavy atom. The molecule has 214 valence electrons. The molecule has 1 aliphatic heterocycles. The van der Waals surface area contributed by atoms with Crippen molar-refractivity contribution in [1.29, 1.82) is 0 Å². The molecule has 6 nitrogen and oxygen atoms in total. The number of aryl methyl sites for hydroxylation is 1. The summed E-state index contributed by atoms with van der Waals surface area (Å²) in [6, 6.07) is 5.62. The van der Waals surface area contributed by atoms with Crippen LogP contribution in [0.2, 0.25) is 0 Å². The van der Waals surface area contributed by atoms with Crippen molar-refractivity contribution in [2.45, 2.75) is 65.6 Å². The van der Waals surface area contributed by atoms with Crippen LogP contribution in [0, 0.1) is 0 Å². The van der Waals surface area contributed by atoms with Crippen LogP contribution in [-0.2, 0) is 11.2 Å². The number of para-hydroxylation sites is 1. The first-order valence-corrected chi connectivity index (χ1v) is 13.2. The maximum atomic E-state index is 13.3. The van der Waals surface area contributed by atoms with Crippen LogP contribution < -0.4 is 16.5 Å². The van der Waals surface area contributed by atoms with E-state index in [-0.39, 0.29) is 17.8 Å². The molecule has 1 unspecified atom stereocenters. The third-order valence-corrected chi connectivity index (χ3v) is 5.66. The fourth-order valence-corrected chi connectivity index (χ4v) is 3.81. The number of hydrazine groups is 1. The quantitative estimate of drug-likeness (QED) is 0.111. The number of rotatable bonds is 11. The minimum absolute atomic E-state index is 0.254. The van der Waals surface area contributed by atoms with Crippen LogP contribution in [0.1, 0.15) is 52.5 Å². The van der Waals surface area contributed by atoms with Gasteiger partial charge in [0, 0.05) is 30.2 Å². The summed E-state index contributed by atoms with van der Waals surface area (Å²) < 4.78 is 39.9. The van der Waals surface area contributed by atoms with Gasteiger partial charge < -0.3 is 15.6 Å². The van der Waals surface area contributed by atoms with E-state index in [1.165, 1.54) is 12.3 Å². The van der Waals surface area contributed by atoms with Gasteiger partial charge in [0.05, 0.1) is 6.54 Å². The Bertz CT molecular complexity index is 1070. The van der Waals surface area contributed by atoms with Gasteiger partial charge in [0.2, 0.25) is 0 Å². The number of anilines is 1. The topological polar surface area (TPSA) is 88.0 Å². The van der Waals surface area contributed by atoms with Gasteiger partial charge in [-0.15, -0.1) is 0 Å². The molecule has 1 heterocycles. The fourth-order valence-electron chi connectivity index (χ4n) is 3.81. The molecule has 9 heteroatoms. The standard InChI is InChI=1S/C28H36F3N5O.C2H6/c1-3-5-7-10-22(17-19-34-18-6-4-2)13-15-24(32)20-36(33)26-16-14-23-11-8-9-12-25(23)35(27(26)37)21-28(29,30)31;1-2/h3-6,8-13,15,19-20,26H,7,14,16-18,21,32-33H2,1-2H3;1-2H3/b5-3-,6-4-,15-13+,22-10?,24-20-,34-19?;. The average Bonchev–Trinajstić information content (AvgIpc) is 3.03. The second-order valence-electron chi connectivity index (χ2n) is 8.54. The summed E-state index contributed by atoms with van der Waals surface area (Å²) in [7, 11) is 0. The Morgan fingerprint density at radius 3 is 2.51 bits per heavy atom. The molecule has 39 heavy (non-hydrogen) atoms. The van der Waals surface area contributed by atoms with Crippen molar-refractivity contribution in [2.24, 2.45) is 16.6 Å². The lowest BCUT2D eigenvalue weighted by Gasteiger charge is -2.30. The fraction of sp³-hybridized carbons (Fsp3) is 0.400. The number of hydrogen-bond donors (Lipinski definition) is 2. The van der Waals surface area contributed by atoms with Gasteiger partial charge in [-0.05, 0) is 56.4 Å². The third-order valence-electron chi connectivity index (χ3n) is 5.66. The highest BCUT2D eigenvalue weighted by Gasteiger charge is 2.39. The highest BCUT2D eigenvalue weighted by Crippen LogP contribution is 2.31. The molecule has 1 amide bonds. The molecule has 0 radical (unpaired) electrons. The maximum absolute atomic E-state index is 13.3. The van der Waals surface area contributed by atoms with Crippen LogP contribution >= 0.6 is 0 Å². The van der Waals surface area contributed by atoms with Crippen LogP contribution in [0.3, 0.4) is 0 Å². The summed E-state index contributed by atoms with van der Waals surface area (Å²) in [5, 5.41) is 1.11. The Balaban J connectivity index is 0.00000371. The van der Waals surface area contributed by atoms with Crippen molar-refractivity contribution in [1.82, 2.24) is 5.01 Å². The van der Waals surface area contributed by atoms with Gasteiger partial charge in [-0.2, -0.15) is 13.2 Å². The molecule has 1 aliphatic rings. The highest BCUT2D eigenvalue weighted by atomic mass is 19.4. The van der Waals surface area contributed by atoms with Gasteiger partial charge in [0.15, 0.2) is 0 Å². The van der Waals surface area contributed by atoms with Crippen molar-refractivity contribution in [3.8, 4) is 0 Å². The number of halogens is 3. The Hall–Kier alpha value is -3.59. The first-order chi connectivity index (χ1) is 18.7. The van der Waals surface area contributed by atoms with Gasteiger partial charge in [-0.3, -0.25) is 9.79 Å².